The number of carbonyl (C=O) groups is 1. The number of carbonyl (C=O) groups excluding carboxylic acids is 1. The van der Waals surface area contributed by atoms with Crippen molar-refractivity contribution >= 4 is 28.1 Å². The minimum Gasteiger partial charge on any atom is -0.494 e. The van der Waals surface area contributed by atoms with E-state index in [0.29, 0.717) is 16.8 Å². The second-order valence-electron chi connectivity index (χ2n) is 6.19. The molecule has 4 heteroatoms. The highest BCUT2D eigenvalue weighted by molar-refractivity contribution is 6.56. The quantitative estimate of drug-likeness (QED) is 0.578. The first-order valence-corrected chi connectivity index (χ1v) is 8.36. The number of hydrogen-bond donors (Lipinski definition) is 1. The molecule has 0 bridgehead atoms. The van der Waals surface area contributed by atoms with Crippen LogP contribution in [0, 0.1) is 0 Å². The van der Waals surface area contributed by atoms with Gasteiger partial charge >= 0.3 is 0 Å². The first kappa shape index (κ1) is 14.7. The molecule has 26 heavy (non-hydrogen) atoms. The second kappa shape index (κ2) is 5.43. The highest BCUT2D eigenvalue weighted by atomic mass is 16.3. The van der Waals surface area contributed by atoms with Crippen molar-refractivity contribution in [2.45, 2.75) is 0 Å². The molecule has 3 aromatic carbocycles. The van der Waals surface area contributed by atoms with Crippen LogP contribution in [0.5, 0.6) is 5.88 Å². The molecule has 0 unspecified atom stereocenters. The minimum absolute atomic E-state index is 0.0253. The Morgan fingerprint density at radius 2 is 1.50 bits per heavy atom. The fraction of sp³-hybridized carbons (Fsp3) is 0. The van der Waals surface area contributed by atoms with E-state index in [9.17, 15) is 9.90 Å². The SMILES string of the molecule is O=C1C(c2c(O)n(-c3ccccc3)c3ccccc23)=Nc2ccccc21. The van der Waals surface area contributed by atoms with Crippen LogP contribution >= 0.6 is 0 Å². The normalized spacial score (nSPS) is 13.1. The van der Waals surface area contributed by atoms with Gasteiger partial charge in [-0.15, -0.1) is 0 Å². The predicted molar refractivity (Wildman–Crippen MR) is 102 cm³/mol. The van der Waals surface area contributed by atoms with E-state index in [1.54, 1.807) is 10.6 Å². The molecule has 5 rings (SSSR count). The summed E-state index contributed by atoms with van der Waals surface area (Å²) >= 11 is 0. The van der Waals surface area contributed by atoms with Crippen LogP contribution in [-0.2, 0) is 0 Å². The van der Waals surface area contributed by atoms with Crippen molar-refractivity contribution in [3.05, 3.63) is 90.0 Å². The Kier molecular flexibility index (Phi) is 3.06. The van der Waals surface area contributed by atoms with Crippen LogP contribution in [0.25, 0.3) is 16.6 Å². The van der Waals surface area contributed by atoms with Crippen molar-refractivity contribution in [2.75, 3.05) is 0 Å². The topological polar surface area (TPSA) is 54.6 Å². The number of aliphatic imine (C=N–C) groups is 1. The van der Waals surface area contributed by atoms with Gasteiger partial charge in [0, 0.05) is 16.6 Å². The van der Waals surface area contributed by atoms with Crippen molar-refractivity contribution in [1.82, 2.24) is 4.57 Å². The molecule has 0 radical (unpaired) electrons. The van der Waals surface area contributed by atoms with Crippen LogP contribution in [0.4, 0.5) is 5.69 Å². The molecule has 0 amide bonds. The van der Waals surface area contributed by atoms with Crippen molar-refractivity contribution in [1.29, 1.82) is 0 Å². The van der Waals surface area contributed by atoms with Crippen LogP contribution in [0.15, 0.2) is 83.9 Å². The zero-order valence-electron chi connectivity index (χ0n) is 13.8. The predicted octanol–water partition coefficient (Wildman–Crippen LogP) is 4.65. The van der Waals surface area contributed by atoms with E-state index in [1.807, 2.05) is 72.8 Å². The zero-order chi connectivity index (χ0) is 17.7. The van der Waals surface area contributed by atoms with Gasteiger partial charge in [0.1, 0.15) is 5.71 Å². The fourth-order valence-corrected chi connectivity index (χ4v) is 3.53. The van der Waals surface area contributed by atoms with Crippen molar-refractivity contribution in [3.8, 4) is 11.6 Å². The summed E-state index contributed by atoms with van der Waals surface area (Å²) in [7, 11) is 0. The Morgan fingerprint density at radius 3 is 2.31 bits per heavy atom. The maximum atomic E-state index is 12.9. The summed E-state index contributed by atoms with van der Waals surface area (Å²) in [5, 5.41) is 11.9. The maximum absolute atomic E-state index is 12.9. The van der Waals surface area contributed by atoms with Crippen molar-refractivity contribution < 1.29 is 9.90 Å². The third kappa shape index (κ3) is 1.96. The van der Waals surface area contributed by atoms with Crippen molar-refractivity contribution in [2.24, 2.45) is 4.99 Å². The van der Waals surface area contributed by atoms with Gasteiger partial charge in [0.05, 0.1) is 16.8 Å². The largest absolute Gasteiger partial charge is 0.494 e. The second-order valence-corrected chi connectivity index (χ2v) is 6.19. The van der Waals surface area contributed by atoms with Gasteiger partial charge in [-0.05, 0) is 30.3 Å². The van der Waals surface area contributed by atoms with E-state index in [2.05, 4.69) is 4.99 Å². The Morgan fingerprint density at radius 1 is 0.808 bits per heavy atom. The molecule has 0 spiro atoms. The monoisotopic (exact) mass is 338 g/mol. The average Bonchev–Trinajstić information content (AvgIpc) is 3.16. The number of Topliss-reactive ketones (excluding diaryl/α,β-unsaturated/α-hetero) is 1. The van der Waals surface area contributed by atoms with E-state index in [0.717, 1.165) is 16.6 Å². The van der Waals surface area contributed by atoms with E-state index in [-0.39, 0.29) is 17.4 Å². The minimum atomic E-state index is -0.160. The Bertz CT molecular complexity index is 1200. The lowest BCUT2D eigenvalue weighted by Gasteiger charge is -2.07. The number of rotatable bonds is 2. The molecular formula is C22H14N2O2. The Balaban J connectivity index is 1.81. The molecule has 0 fully saturated rings. The third-order valence-electron chi connectivity index (χ3n) is 4.70. The molecule has 1 aliphatic rings. The lowest BCUT2D eigenvalue weighted by molar-refractivity contribution is 0.107. The summed E-state index contributed by atoms with van der Waals surface area (Å²) < 4.78 is 1.75. The van der Waals surface area contributed by atoms with Gasteiger partial charge in [0.2, 0.25) is 11.7 Å². The number of hydrogen-bond acceptors (Lipinski definition) is 3. The average molecular weight is 338 g/mol. The molecule has 124 valence electrons. The molecule has 0 atom stereocenters. The van der Waals surface area contributed by atoms with Crippen LogP contribution in [0.1, 0.15) is 15.9 Å². The fourth-order valence-electron chi connectivity index (χ4n) is 3.53. The summed E-state index contributed by atoms with van der Waals surface area (Å²) in [5.41, 5.74) is 3.63. The van der Waals surface area contributed by atoms with E-state index >= 15 is 0 Å². The van der Waals surface area contributed by atoms with Gasteiger partial charge < -0.3 is 5.11 Å². The highest BCUT2D eigenvalue weighted by Crippen LogP contribution is 2.38. The first-order chi connectivity index (χ1) is 12.8. The van der Waals surface area contributed by atoms with E-state index < -0.39 is 0 Å². The smallest absolute Gasteiger partial charge is 0.214 e. The molecule has 1 aliphatic heterocycles. The summed E-state index contributed by atoms with van der Waals surface area (Å²) in [6.07, 6.45) is 0. The molecular weight excluding hydrogens is 324 g/mol. The van der Waals surface area contributed by atoms with E-state index in [1.165, 1.54) is 0 Å². The molecule has 4 nitrogen and oxygen atoms in total. The molecule has 1 N–H and O–H groups in total. The number of aromatic hydroxyl groups is 1. The molecule has 0 saturated carbocycles. The zero-order valence-corrected chi connectivity index (χ0v) is 13.8. The first-order valence-electron chi connectivity index (χ1n) is 8.36. The van der Waals surface area contributed by atoms with Gasteiger partial charge in [0.15, 0.2) is 0 Å². The standard InChI is InChI=1S/C22H14N2O2/c25-21-15-10-4-6-12-17(15)23-20(21)19-16-11-5-7-13-18(16)24(22(19)26)14-8-2-1-3-9-14/h1-13,26H. The Labute approximate surface area is 149 Å². The van der Waals surface area contributed by atoms with Gasteiger partial charge in [0.25, 0.3) is 0 Å². The molecule has 4 aromatic rings. The summed E-state index contributed by atoms with van der Waals surface area (Å²) in [6.45, 7) is 0. The van der Waals surface area contributed by atoms with Crippen molar-refractivity contribution in [3.63, 3.8) is 0 Å². The van der Waals surface area contributed by atoms with Crippen LogP contribution < -0.4 is 0 Å². The third-order valence-corrected chi connectivity index (χ3v) is 4.70. The van der Waals surface area contributed by atoms with Crippen LogP contribution in [-0.4, -0.2) is 21.2 Å². The van der Waals surface area contributed by atoms with E-state index in [4.69, 9.17) is 0 Å². The lowest BCUT2D eigenvalue weighted by atomic mass is 10.0. The van der Waals surface area contributed by atoms with Crippen LogP contribution in [0.3, 0.4) is 0 Å². The lowest BCUT2D eigenvalue weighted by Crippen LogP contribution is -2.11. The molecule has 2 heterocycles. The van der Waals surface area contributed by atoms with Crippen LogP contribution in [0.2, 0.25) is 0 Å². The van der Waals surface area contributed by atoms with Gasteiger partial charge in [-0.25, -0.2) is 4.99 Å². The number of fused-ring (bicyclic) bond motifs is 2. The molecule has 1 aromatic heterocycles. The summed E-state index contributed by atoms with van der Waals surface area (Å²) in [4.78, 5) is 17.4. The Hall–Kier alpha value is -3.66. The number of aromatic nitrogens is 1. The molecule has 0 aliphatic carbocycles. The van der Waals surface area contributed by atoms with Gasteiger partial charge in [-0.1, -0.05) is 48.5 Å². The summed E-state index contributed by atoms with van der Waals surface area (Å²) in [5.74, 6) is -0.135. The number of benzene rings is 3. The van der Waals surface area contributed by atoms with Gasteiger partial charge in [-0.2, -0.15) is 0 Å². The van der Waals surface area contributed by atoms with Gasteiger partial charge in [-0.3, -0.25) is 9.36 Å². The number of para-hydroxylation sites is 3. The number of nitrogens with zero attached hydrogens (tertiary/aromatic N) is 2. The maximum Gasteiger partial charge on any atom is 0.214 e. The summed E-state index contributed by atoms with van der Waals surface area (Å²) in [6, 6.07) is 24.5. The highest BCUT2D eigenvalue weighted by Gasteiger charge is 2.31. The number of ketones is 1. The molecule has 0 saturated heterocycles.